The molecule has 28 heavy (non-hydrogen) atoms. The number of carbonyl (C=O) groups is 1. The van der Waals surface area contributed by atoms with Crippen molar-refractivity contribution in [2.24, 2.45) is 0 Å². The van der Waals surface area contributed by atoms with E-state index in [2.05, 4.69) is 5.32 Å². The maximum Gasteiger partial charge on any atom is 0.303 e. The Labute approximate surface area is 164 Å². The van der Waals surface area contributed by atoms with E-state index in [1.165, 1.54) is 32.3 Å². The molecule has 1 N–H and O–H groups in total. The van der Waals surface area contributed by atoms with Crippen LogP contribution in [0.3, 0.4) is 0 Å². The summed E-state index contributed by atoms with van der Waals surface area (Å²) in [6.07, 6.45) is 0. The first-order chi connectivity index (χ1) is 13.3. The Kier molecular flexibility index (Phi) is 7.50. The van der Waals surface area contributed by atoms with Crippen LogP contribution in [0.4, 0.5) is 10.1 Å². The highest BCUT2D eigenvalue weighted by atomic mass is 32.2. The van der Waals surface area contributed by atoms with E-state index in [4.69, 9.17) is 4.74 Å². The quantitative estimate of drug-likeness (QED) is 0.643. The minimum absolute atomic E-state index is 0.0439. The molecule has 0 aliphatic heterocycles. The van der Waals surface area contributed by atoms with Gasteiger partial charge in [-0.05, 0) is 29.8 Å². The van der Waals surface area contributed by atoms with E-state index in [0.717, 1.165) is 8.61 Å². The van der Waals surface area contributed by atoms with Gasteiger partial charge in [-0.1, -0.05) is 24.3 Å². The average molecular weight is 409 g/mol. The van der Waals surface area contributed by atoms with Crippen LogP contribution in [0.15, 0.2) is 48.5 Å². The molecule has 9 heteroatoms. The van der Waals surface area contributed by atoms with Crippen LogP contribution < -0.4 is 9.62 Å². The lowest BCUT2D eigenvalue weighted by atomic mass is 10.1. The molecule has 7 nitrogen and oxygen atoms in total. The van der Waals surface area contributed by atoms with Crippen molar-refractivity contribution < 1.29 is 22.3 Å². The third-order valence-electron chi connectivity index (χ3n) is 4.00. The molecule has 0 aromatic heterocycles. The summed E-state index contributed by atoms with van der Waals surface area (Å²) in [4.78, 5) is 12.0. The molecule has 0 aliphatic carbocycles. The predicted molar refractivity (Wildman–Crippen MR) is 106 cm³/mol. The Balaban J connectivity index is 2.26. The number of anilines is 1. The number of carbonyl (C=O) groups excluding carboxylic acids is 1. The average Bonchev–Trinajstić information content (AvgIpc) is 2.67. The molecule has 0 unspecified atom stereocenters. The fourth-order valence-electron chi connectivity index (χ4n) is 2.44. The van der Waals surface area contributed by atoms with E-state index in [1.54, 1.807) is 37.4 Å². The smallest absolute Gasteiger partial charge is 0.303 e. The highest BCUT2D eigenvalue weighted by molar-refractivity contribution is 7.90. The second-order valence-electron chi connectivity index (χ2n) is 6.19. The summed E-state index contributed by atoms with van der Waals surface area (Å²) in [7, 11) is 0.396. The van der Waals surface area contributed by atoms with Crippen molar-refractivity contribution in [2.75, 3.05) is 38.7 Å². The van der Waals surface area contributed by atoms with Crippen molar-refractivity contribution in [2.45, 2.75) is 6.54 Å². The van der Waals surface area contributed by atoms with Gasteiger partial charge in [-0.15, -0.1) is 0 Å². The van der Waals surface area contributed by atoms with Crippen LogP contribution in [0, 0.1) is 5.82 Å². The van der Waals surface area contributed by atoms with Crippen LogP contribution >= 0.6 is 0 Å². The van der Waals surface area contributed by atoms with E-state index in [9.17, 15) is 17.6 Å². The van der Waals surface area contributed by atoms with E-state index >= 15 is 0 Å². The summed E-state index contributed by atoms with van der Waals surface area (Å²) >= 11 is 0. The summed E-state index contributed by atoms with van der Waals surface area (Å²) in [6.45, 7) is 0.718. The maximum atomic E-state index is 14.3. The fourth-order valence-corrected chi connectivity index (χ4v) is 3.54. The number of para-hydroxylation sites is 1. The molecule has 0 spiro atoms. The van der Waals surface area contributed by atoms with Gasteiger partial charge in [0.05, 0.1) is 18.8 Å². The Morgan fingerprint density at radius 1 is 1.11 bits per heavy atom. The standard InChI is InChI=1S/C19H24FN3O4S/c1-22(2)28(25,26)23(18-7-5-4-6-17(18)20)14-15-8-10-16(11-9-15)19(24)21-12-13-27-3/h4-11H,12-14H2,1-3H3,(H,21,24). The van der Waals surface area contributed by atoms with Crippen LogP contribution in [0.2, 0.25) is 0 Å². The zero-order chi connectivity index (χ0) is 20.7. The summed E-state index contributed by atoms with van der Waals surface area (Å²) in [5.74, 6) is -0.891. The van der Waals surface area contributed by atoms with Gasteiger partial charge in [-0.25, -0.2) is 4.39 Å². The second kappa shape index (κ2) is 9.63. The third-order valence-corrected chi connectivity index (χ3v) is 5.80. The van der Waals surface area contributed by atoms with Gasteiger partial charge in [0.25, 0.3) is 5.91 Å². The Morgan fingerprint density at radius 2 is 1.75 bits per heavy atom. The van der Waals surface area contributed by atoms with Crippen LogP contribution in [-0.2, 0) is 21.5 Å². The van der Waals surface area contributed by atoms with Gasteiger partial charge < -0.3 is 10.1 Å². The van der Waals surface area contributed by atoms with Crippen molar-refractivity contribution in [3.8, 4) is 0 Å². The van der Waals surface area contributed by atoms with E-state index in [-0.39, 0.29) is 18.1 Å². The lowest BCUT2D eigenvalue weighted by Gasteiger charge is -2.27. The van der Waals surface area contributed by atoms with Crippen molar-refractivity contribution in [1.82, 2.24) is 9.62 Å². The van der Waals surface area contributed by atoms with Gasteiger partial charge in [-0.3, -0.25) is 9.10 Å². The second-order valence-corrected chi connectivity index (χ2v) is 8.26. The van der Waals surface area contributed by atoms with Gasteiger partial charge in [0, 0.05) is 33.3 Å². The number of halogens is 1. The molecule has 2 aromatic carbocycles. The molecular formula is C19H24FN3O4S. The monoisotopic (exact) mass is 409 g/mol. The predicted octanol–water partition coefficient (Wildman–Crippen LogP) is 2.01. The normalized spacial score (nSPS) is 11.5. The fraction of sp³-hybridized carbons (Fsp3) is 0.316. The van der Waals surface area contributed by atoms with Crippen molar-refractivity contribution in [3.05, 3.63) is 65.5 Å². The number of hydrogen-bond acceptors (Lipinski definition) is 4. The number of hydrogen-bond donors (Lipinski definition) is 1. The summed E-state index contributed by atoms with van der Waals surface area (Å²) in [5.41, 5.74) is 1.01. The number of rotatable bonds is 9. The number of nitrogens with zero attached hydrogens (tertiary/aromatic N) is 2. The minimum atomic E-state index is -3.92. The molecule has 2 rings (SSSR count). The molecule has 0 heterocycles. The lowest BCUT2D eigenvalue weighted by Crippen LogP contribution is -2.40. The Bertz CT molecular complexity index is 902. The van der Waals surface area contributed by atoms with Gasteiger partial charge in [0.1, 0.15) is 5.82 Å². The Morgan fingerprint density at radius 3 is 2.32 bits per heavy atom. The summed E-state index contributed by atoms with van der Waals surface area (Å²) in [5, 5.41) is 2.71. The minimum Gasteiger partial charge on any atom is -0.383 e. The topological polar surface area (TPSA) is 79.0 Å². The SMILES string of the molecule is COCCNC(=O)c1ccc(CN(c2ccccc2F)S(=O)(=O)N(C)C)cc1. The molecule has 0 atom stereocenters. The number of methoxy groups -OCH3 is 1. The number of nitrogens with one attached hydrogen (secondary N) is 1. The van der Waals surface area contributed by atoms with Gasteiger partial charge in [0.2, 0.25) is 0 Å². The molecule has 0 saturated heterocycles. The summed E-state index contributed by atoms with van der Waals surface area (Å²) < 4.78 is 46.6. The van der Waals surface area contributed by atoms with Crippen LogP contribution in [-0.4, -0.2) is 53.0 Å². The van der Waals surface area contributed by atoms with E-state index < -0.39 is 16.0 Å². The molecule has 2 aromatic rings. The zero-order valence-electron chi connectivity index (χ0n) is 16.1. The van der Waals surface area contributed by atoms with Crippen LogP contribution in [0.5, 0.6) is 0 Å². The van der Waals surface area contributed by atoms with Crippen molar-refractivity contribution >= 4 is 21.8 Å². The zero-order valence-corrected chi connectivity index (χ0v) is 16.9. The number of ether oxygens (including phenoxy) is 1. The third kappa shape index (κ3) is 5.28. The van der Waals surface area contributed by atoms with Crippen molar-refractivity contribution in [3.63, 3.8) is 0 Å². The van der Waals surface area contributed by atoms with Crippen LogP contribution in [0.25, 0.3) is 0 Å². The lowest BCUT2D eigenvalue weighted by molar-refractivity contribution is 0.0937. The molecule has 0 aliphatic rings. The maximum absolute atomic E-state index is 14.3. The largest absolute Gasteiger partial charge is 0.383 e. The van der Waals surface area contributed by atoms with E-state index in [0.29, 0.717) is 24.3 Å². The first-order valence-electron chi connectivity index (χ1n) is 8.58. The van der Waals surface area contributed by atoms with Crippen LogP contribution in [0.1, 0.15) is 15.9 Å². The first kappa shape index (κ1) is 21.8. The summed E-state index contributed by atoms with van der Waals surface area (Å²) in [6, 6.07) is 12.2. The first-order valence-corrected chi connectivity index (χ1v) is 9.98. The van der Waals surface area contributed by atoms with Gasteiger partial charge in [-0.2, -0.15) is 12.7 Å². The molecule has 0 fully saturated rings. The van der Waals surface area contributed by atoms with Gasteiger partial charge in [0.15, 0.2) is 0 Å². The molecule has 0 radical (unpaired) electrons. The number of amides is 1. The molecule has 152 valence electrons. The molecule has 1 amide bonds. The van der Waals surface area contributed by atoms with Gasteiger partial charge >= 0.3 is 10.2 Å². The highest BCUT2D eigenvalue weighted by Gasteiger charge is 2.27. The van der Waals surface area contributed by atoms with E-state index in [1.807, 2.05) is 0 Å². The molecular weight excluding hydrogens is 385 g/mol. The molecule has 0 bridgehead atoms. The Hall–Kier alpha value is -2.49. The highest BCUT2D eigenvalue weighted by Crippen LogP contribution is 2.25. The van der Waals surface area contributed by atoms with Crippen molar-refractivity contribution in [1.29, 1.82) is 0 Å². The number of benzene rings is 2. The molecule has 0 saturated carbocycles.